The van der Waals surface area contributed by atoms with Crippen molar-refractivity contribution in [1.82, 2.24) is 24.1 Å². The third-order valence-corrected chi connectivity index (χ3v) is 24.2. The quantitative estimate of drug-likeness (QED) is 0.00369. The summed E-state index contributed by atoms with van der Waals surface area (Å²) in [6.07, 6.45) is 6.34. The molecule has 0 bridgehead atoms. The number of nitrogens with zero attached hydrogens (tertiary/aromatic N) is 2. The first kappa shape index (κ1) is 116. The highest BCUT2D eigenvalue weighted by Gasteiger charge is 2.28. The molecular weight excluding hydrogens is 1960 g/mol. The number of hydrogen-bond acceptors (Lipinski definition) is 23. The molecule has 7 aromatic heterocycles. The minimum atomic E-state index is -1.22. The smallest absolute Gasteiger partial charge is 0.310 e. The van der Waals surface area contributed by atoms with Crippen LogP contribution in [-0.4, -0.2) is 172 Å². The molecule has 14 N–H and O–H groups in total. The summed E-state index contributed by atoms with van der Waals surface area (Å²) in [5, 5.41) is 55.5. The second-order valence-corrected chi connectivity index (χ2v) is 40.1. The van der Waals surface area contributed by atoms with Gasteiger partial charge in [-0.2, -0.15) is 0 Å². The van der Waals surface area contributed by atoms with Crippen LogP contribution in [0.3, 0.4) is 0 Å². The number of hydrazine groups is 1. The number of ether oxygens (including phenoxy) is 8. The second kappa shape index (κ2) is 53.5. The van der Waals surface area contributed by atoms with Crippen LogP contribution in [0.1, 0.15) is 95.9 Å². The van der Waals surface area contributed by atoms with Crippen molar-refractivity contribution in [1.29, 1.82) is 0 Å². The summed E-state index contributed by atoms with van der Waals surface area (Å²) in [5.41, 5.74) is 16.6. The molecule has 0 aliphatic rings. The number of benzene rings is 7. The van der Waals surface area contributed by atoms with Gasteiger partial charge in [0.1, 0.15) is 18.5 Å². The Bertz CT molecular complexity index is 6870. The Kier molecular flexibility index (Phi) is 44.4. The number of hydrogen-bond donors (Lipinski definition) is 12. The highest BCUT2D eigenvalue weighted by molar-refractivity contribution is 7.18. The number of anilines is 2. The molecule has 0 aliphatic heterocycles. The summed E-state index contributed by atoms with van der Waals surface area (Å²) in [4.78, 5) is 111. The van der Waals surface area contributed by atoms with Crippen molar-refractivity contribution in [3.63, 3.8) is 0 Å². The number of aliphatic carboxylic acids is 5. The zero-order chi connectivity index (χ0) is 104. The number of carboxylic acid groups (broad SMARTS) is 5. The van der Waals surface area contributed by atoms with Crippen LogP contribution in [0.4, 0.5) is 42.1 Å². The van der Waals surface area contributed by atoms with E-state index in [9.17, 15) is 79.3 Å². The van der Waals surface area contributed by atoms with E-state index in [2.05, 4.69) is 49.5 Å². The maximum Gasteiger partial charge on any atom is 0.310 e. The fraction of sp³-hybridized carbons (Fsp3) is 0.260. The third kappa shape index (κ3) is 32.1. The molecule has 7 heterocycles. The fourth-order valence-electron chi connectivity index (χ4n) is 13.5. The van der Waals surface area contributed by atoms with Crippen molar-refractivity contribution < 1.29 is 142 Å². The van der Waals surface area contributed by atoms with Gasteiger partial charge in [0.15, 0.2) is 81.0 Å². The molecule has 14 rings (SSSR count). The van der Waals surface area contributed by atoms with Gasteiger partial charge in [0.2, 0.25) is 0 Å². The van der Waals surface area contributed by atoms with Crippen LogP contribution in [-0.2, 0) is 75.1 Å². The Labute approximate surface area is 822 Å². The maximum absolute atomic E-state index is 14.2. The topological polar surface area (TPSA) is 470 Å². The van der Waals surface area contributed by atoms with E-state index in [1.807, 2.05) is 13.0 Å². The number of aromatic amines is 3. The predicted octanol–water partition coefficient (Wildman–Crippen LogP) is 20.1. The number of esters is 1. The SMILES string of the molecule is C#COCCC(C)=O.CC(=O)O.COc1cc2c(CC(=O)O)c(C)[nH]c2cc1F.COc1cc2c(CC(=O)O)c(C)n(C(=O)c3ccc(Cl)s3)c2cc1F.COc1cc2c(CC(=O)OCC[Si](C)(C)C)c(C)[nH]c2cc1F.COc1ccc(N)cc1F.COc1ccc(NN)cc1F.COc1ccc2[nH]c(C)c(CC(=O)O)c2c1F.Cc1c(CC(=O)O)c2cc(O)c(F)cc2n1C(=O)c1ccc(Cl)s1.Cl. The van der Waals surface area contributed by atoms with Crippen LogP contribution in [0, 0.1) is 87.9 Å². The summed E-state index contributed by atoms with van der Waals surface area (Å²) in [7, 11) is 7.10. The van der Waals surface area contributed by atoms with Gasteiger partial charge in [0.25, 0.3) is 17.8 Å². The van der Waals surface area contributed by atoms with E-state index in [1.165, 1.54) is 119 Å². The van der Waals surface area contributed by atoms with E-state index in [4.69, 9.17) is 94.8 Å². The number of thiophene rings is 2. The Balaban J connectivity index is 0.000000287. The number of rotatable bonds is 25. The number of nitrogen functional groups attached to an aromatic ring is 2. The average Bonchev–Trinajstić information content (AvgIpc) is 1.60. The van der Waals surface area contributed by atoms with Gasteiger partial charge in [-0.15, -0.1) is 35.1 Å². The number of ketones is 1. The van der Waals surface area contributed by atoms with Crippen LogP contribution in [0.15, 0.2) is 121 Å². The number of Topliss-reactive ketones (excluding diaryl/α,β-unsaturated/α-hetero) is 1. The summed E-state index contributed by atoms with van der Waals surface area (Å²) in [5.74, 6) is -4.38. The standard InChI is InChI=1S/C17H13ClFNO4S.C17H24FNO3Si.C16H11ClFNO4S.2C12H12FNO3.C7H9FN2O.C7H8FNO.C6H8O2.C2H4O2.ClH/c1-8-9(6-16(21)22)10-5-13(24-2)11(19)7-12(10)20(8)17(23)14-3-4-15(18)25-14;1-11-12(9-17(20)22-6-7-23(3,4)5)13-8-16(21-2)14(18)10-15(13)19-11;1-7-8(5-15(21)22)9-4-12(20)10(18)6-11(9)19(7)16(23)13-2-3-14(17)24-13;1-6-7(4-12(15)16)8-3-11(17-2)9(13)5-10(8)14-6;1-6-7(5-10(15)16)11-8(14-6)3-4-9(17-2)12(11)13;1-11-7-3-2-5(10-9)4-6(7)8;1-10-7-3-2-5(9)4-6(7)8;1-3-8-5-4-6(2)7;1-2(3)4;/h3-5,7H,6H2,1-2H3,(H,21,22);8,10,19H,6-7,9H2,1-5H3;2-4,6,20H,5H2,1H3,(H,21,22);3,5,14H,4H2,1-2H3,(H,15,16);3-4,14H,5H2,1-2H3,(H,15,16);2-4,10H,9H2,1H3;2-4H,9H2,1H3;1H,4-5H2,2H3;1H3,(H,3,4);1H. The lowest BCUT2D eigenvalue weighted by atomic mass is 10.1. The highest BCUT2D eigenvalue weighted by atomic mass is 35.5. The molecule has 0 spiro atoms. The minimum Gasteiger partial charge on any atom is -0.505 e. The maximum atomic E-state index is 14.2. The molecule has 140 heavy (non-hydrogen) atoms. The van der Waals surface area contributed by atoms with E-state index in [0.29, 0.717) is 132 Å². The van der Waals surface area contributed by atoms with Crippen LogP contribution >= 0.6 is 58.3 Å². The van der Waals surface area contributed by atoms with Gasteiger partial charge in [-0.1, -0.05) is 49.3 Å². The Morgan fingerprint density at radius 1 is 0.471 bits per heavy atom. The zero-order valence-corrected chi connectivity index (χ0v) is 83.2. The van der Waals surface area contributed by atoms with E-state index in [1.54, 1.807) is 76.2 Å². The number of H-pyrrole nitrogens is 3. The molecule has 0 aliphatic carbocycles. The number of methoxy groups -OCH3 is 6. The minimum absolute atomic E-state index is 0. The first-order valence-electron chi connectivity index (χ1n) is 41.1. The molecule has 14 aromatic rings. The number of terminal acetylenes is 1. The van der Waals surface area contributed by atoms with Crippen LogP contribution in [0.25, 0.3) is 54.5 Å². The lowest BCUT2D eigenvalue weighted by Crippen LogP contribution is -2.23. The number of phenols is 1. The third-order valence-electron chi connectivity index (χ3n) is 20.1. The number of carboxylic acids is 5. The number of carbonyl (C=O) groups excluding carboxylic acids is 4. The van der Waals surface area contributed by atoms with E-state index in [0.717, 1.165) is 70.1 Å². The first-order chi connectivity index (χ1) is 65.4. The Morgan fingerprint density at radius 3 is 1.25 bits per heavy atom. The molecule has 31 nitrogen and oxygen atoms in total. The van der Waals surface area contributed by atoms with Crippen molar-refractivity contribution in [2.24, 2.45) is 5.84 Å². The molecule has 0 fully saturated rings. The number of carbonyl (C=O) groups is 9. The van der Waals surface area contributed by atoms with E-state index < -0.39 is 90.3 Å². The molecule has 0 radical (unpaired) electrons. The Hall–Kier alpha value is -14.4. The molecule has 0 unspecified atom stereocenters. The average molecular weight is 2070 g/mol. The van der Waals surface area contributed by atoms with E-state index >= 15 is 0 Å². The molecular formula is C96H102Cl3F7N8O23S2Si. The summed E-state index contributed by atoms with van der Waals surface area (Å²) in [6.45, 7) is 18.7. The lowest BCUT2D eigenvalue weighted by Gasteiger charge is -2.15. The van der Waals surface area contributed by atoms with E-state index in [-0.39, 0.29) is 102 Å². The van der Waals surface area contributed by atoms with Gasteiger partial charge in [-0.3, -0.25) is 58.1 Å². The summed E-state index contributed by atoms with van der Waals surface area (Å²) < 4.78 is 137. The van der Waals surface area contributed by atoms with Gasteiger partial charge < -0.3 is 94.6 Å². The number of aryl methyl sites for hydroxylation is 3. The monoisotopic (exact) mass is 2060 g/mol. The molecule has 44 heteroatoms. The van der Waals surface area contributed by atoms with Crippen molar-refractivity contribution in [2.75, 3.05) is 67.0 Å². The van der Waals surface area contributed by atoms with Crippen molar-refractivity contribution >= 4 is 186 Å². The normalized spacial score (nSPS) is 10.4. The molecule has 0 saturated heterocycles. The Morgan fingerprint density at radius 2 is 0.850 bits per heavy atom. The van der Waals surface area contributed by atoms with Gasteiger partial charge in [-0.05, 0) is 160 Å². The predicted molar refractivity (Wildman–Crippen MR) is 525 cm³/mol. The van der Waals surface area contributed by atoms with Crippen molar-refractivity contribution in [3.05, 3.63) is 237 Å². The van der Waals surface area contributed by atoms with Crippen molar-refractivity contribution in [2.45, 2.75) is 113 Å². The van der Waals surface area contributed by atoms with Crippen LogP contribution in [0.2, 0.25) is 34.4 Å². The zero-order valence-electron chi connectivity index (χ0n) is 78.3. The van der Waals surface area contributed by atoms with Gasteiger partial charge in [-0.25, -0.2) is 30.7 Å². The summed E-state index contributed by atoms with van der Waals surface area (Å²) >= 11 is 13.9. The molecule has 7 aromatic carbocycles. The van der Waals surface area contributed by atoms with Gasteiger partial charge in [0.05, 0.1) is 117 Å². The van der Waals surface area contributed by atoms with Crippen LogP contribution in [0.5, 0.6) is 40.2 Å². The first-order valence-corrected chi connectivity index (χ1v) is 47.2. The number of nitrogens with two attached hydrogens (primary N) is 2. The molecule has 750 valence electrons. The highest BCUT2D eigenvalue weighted by Crippen LogP contribution is 2.39. The number of aromatic hydroxyl groups is 1. The number of aromatic nitrogens is 5. The van der Waals surface area contributed by atoms with Gasteiger partial charge in [0, 0.05) is 135 Å². The molecule has 0 amide bonds. The fourth-order valence-corrected chi connectivity index (χ4v) is 16.1. The number of fused-ring (bicyclic) bond motifs is 5. The number of nitrogens with one attached hydrogen (secondary N) is 4. The van der Waals surface area contributed by atoms with Crippen molar-refractivity contribution in [3.8, 4) is 52.8 Å². The largest absolute Gasteiger partial charge is 0.505 e. The van der Waals surface area contributed by atoms with Crippen LogP contribution < -0.4 is 45.4 Å². The molecule has 0 saturated carbocycles. The number of halogens is 10. The lowest BCUT2D eigenvalue weighted by molar-refractivity contribution is -0.142. The molecule has 0 atom stereocenters. The number of phenolic OH excluding ortho intramolecular Hbond substituents is 1. The summed E-state index contributed by atoms with van der Waals surface area (Å²) in [6, 6.07) is 29.7. The van der Waals surface area contributed by atoms with Gasteiger partial charge >= 0.3 is 29.8 Å². The second-order valence-electron chi connectivity index (χ2n) is 31.0.